The summed E-state index contributed by atoms with van der Waals surface area (Å²) in [6, 6.07) is 5.29. The third-order valence-corrected chi connectivity index (χ3v) is 1.98. The van der Waals surface area contributed by atoms with Crippen LogP contribution in [-0.4, -0.2) is 12.9 Å². The maximum Gasteiger partial charge on any atom is 0.174 e. The fourth-order valence-corrected chi connectivity index (χ4v) is 1.25. The number of hydrogen-bond donors (Lipinski definition) is 0. The van der Waals surface area contributed by atoms with Crippen LogP contribution in [0.25, 0.3) is 0 Å². The largest absolute Gasteiger partial charge is 0.496 e. The Kier molecular flexibility index (Phi) is 3.30. The molecule has 0 saturated heterocycles. The summed E-state index contributed by atoms with van der Waals surface area (Å²) in [6.07, 6.45) is 5.21. The van der Waals surface area contributed by atoms with Gasteiger partial charge in [0.2, 0.25) is 0 Å². The highest BCUT2D eigenvalue weighted by Crippen LogP contribution is 2.19. The smallest absolute Gasteiger partial charge is 0.174 e. The second-order valence-corrected chi connectivity index (χ2v) is 2.99. The van der Waals surface area contributed by atoms with E-state index in [1.54, 1.807) is 25.3 Å². The number of hydrogen-bond acceptors (Lipinski definition) is 2. The number of aryl methyl sites for hydroxylation is 1. The summed E-state index contributed by atoms with van der Waals surface area (Å²) in [7, 11) is 1.60. The van der Waals surface area contributed by atoms with Gasteiger partial charge in [0.25, 0.3) is 0 Å². The average Bonchev–Trinajstić information content (AvgIpc) is 2.18. The van der Waals surface area contributed by atoms with Gasteiger partial charge >= 0.3 is 0 Å². The fourth-order valence-electron chi connectivity index (χ4n) is 1.25. The molecule has 1 aromatic rings. The lowest BCUT2D eigenvalue weighted by molar-refractivity contribution is 0.0998. The lowest BCUT2D eigenvalue weighted by atomic mass is 10.1. The van der Waals surface area contributed by atoms with Crippen LogP contribution in [0.3, 0.4) is 0 Å². The van der Waals surface area contributed by atoms with Gasteiger partial charge in [-0.15, -0.1) is 6.42 Å². The molecule has 0 aliphatic carbocycles. The molecule has 0 radical (unpaired) electrons. The molecule has 0 atom stereocenters. The number of methoxy groups -OCH3 is 1. The zero-order chi connectivity index (χ0) is 10.6. The second kappa shape index (κ2) is 4.48. The number of carbonyl (C=O) groups excluding carboxylic acids is 1. The Labute approximate surface area is 83.9 Å². The SMILES string of the molecule is C#CCC(=O)c1ccc(OC)c(C)c1. The van der Waals surface area contributed by atoms with Gasteiger partial charge in [-0.25, -0.2) is 0 Å². The first kappa shape index (κ1) is 10.3. The monoisotopic (exact) mass is 188 g/mol. The minimum absolute atomic E-state index is 0.0294. The average molecular weight is 188 g/mol. The van der Waals surface area contributed by atoms with E-state index in [9.17, 15) is 4.79 Å². The van der Waals surface area contributed by atoms with E-state index in [1.165, 1.54) is 0 Å². The lowest BCUT2D eigenvalue weighted by Crippen LogP contribution is -1.98. The highest BCUT2D eigenvalue weighted by molar-refractivity contribution is 5.97. The highest BCUT2D eigenvalue weighted by atomic mass is 16.5. The molecule has 0 unspecified atom stereocenters. The van der Waals surface area contributed by atoms with Crippen LogP contribution in [0.15, 0.2) is 18.2 Å². The van der Waals surface area contributed by atoms with Crippen molar-refractivity contribution < 1.29 is 9.53 Å². The molecule has 0 amide bonds. The molecule has 2 heteroatoms. The number of carbonyl (C=O) groups is 1. The summed E-state index contributed by atoms with van der Waals surface area (Å²) in [5.41, 5.74) is 1.58. The van der Waals surface area contributed by atoms with Crippen molar-refractivity contribution in [3.05, 3.63) is 29.3 Å². The molecular weight excluding hydrogens is 176 g/mol. The van der Waals surface area contributed by atoms with Crippen molar-refractivity contribution in [2.45, 2.75) is 13.3 Å². The molecule has 1 aromatic carbocycles. The Bertz CT molecular complexity index is 386. The summed E-state index contributed by atoms with van der Waals surface area (Å²) >= 11 is 0. The molecule has 0 bridgehead atoms. The van der Waals surface area contributed by atoms with Gasteiger partial charge in [-0.05, 0) is 30.7 Å². The van der Waals surface area contributed by atoms with Crippen molar-refractivity contribution in [2.75, 3.05) is 7.11 Å². The van der Waals surface area contributed by atoms with Crippen LogP contribution in [0.2, 0.25) is 0 Å². The zero-order valence-electron chi connectivity index (χ0n) is 8.33. The van der Waals surface area contributed by atoms with Gasteiger partial charge in [0.1, 0.15) is 5.75 Å². The molecule has 14 heavy (non-hydrogen) atoms. The molecule has 0 N–H and O–H groups in total. The summed E-state index contributed by atoms with van der Waals surface area (Å²) in [4.78, 5) is 11.4. The number of ketones is 1. The normalized spacial score (nSPS) is 9.21. The molecule has 0 aromatic heterocycles. The lowest BCUT2D eigenvalue weighted by Gasteiger charge is -2.05. The Morgan fingerprint density at radius 1 is 1.57 bits per heavy atom. The molecule has 72 valence electrons. The summed E-state index contributed by atoms with van der Waals surface area (Å²) in [5.74, 6) is 3.08. The summed E-state index contributed by atoms with van der Waals surface area (Å²) < 4.78 is 5.09. The van der Waals surface area contributed by atoms with E-state index in [0.29, 0.717) is 5.56 Å². The van der Waals surface area contributed by atoms with Crippen molar-refractivity contribution >= 4 is 5.78 Å². The van der Waals surface area contributed by atoms with E-state index < -0.39 is 0 Å². The van der Waals surface area contributed by atoms with E-state index >= 15 is 0 Å². The zero-order valence-corrected chi connectivity index (χ0v) is 8.33. The van der Waals surface area contributed by atoms with Gasteiger partial charge < -0.3 is 4.74 Å². The third kappa shape index (κ3) is 2.14. The number of ether oxygens (including phenoxy) is 1. The fraction of sp³-hybridized carbons (Fsp3) is 0.250. The van der Waals surface area contributed by atoms with Gasteiger partial charge in [0.05, 0.1) is 13.5 Å². The minimum atomic E-state index is -0.0294. The highest BCUT2D eigenvalue weighted by Gasteiger charge is 2.06. The van der Waals surface area contributed by atoms with Crippen LogP contribution in [-0.2, 0) is 0 Å². The number of terminal acetylenes is 1. The van der Waals surface area contributed by atoms with Crippen molar-refractivity contribution in [1.82, 2.24) is 0 Å². The van der Waals surface area contributed by atoms with Gasteiger partial charge in [0, 0.05) is 5.56 Å². The molecule has 0 fully saturated rings. The van der Waals surface area contributed by atoms with Crippen LogP contribution >= 0.6 is 0 Å². The predicted molar refractivity (Wildman–Crippen MR) is 55.5 cm³/mol. The van der Waals surface area contributed by atoms with Gasteiger partial charge in [-0.3, -0.25) is 4.79 Å². The quantitative estimate of drug-likeness (QED) is 0.537. The molecule has 1 rings (SSSR count). The van der Waals surface area contributed by atoms with Crippen LogP contribution in [0, 0.1) is 19.3 Å². The van der Waals surface area contributed by atoms with Crippen LogP contribution in [0.5, 0.6) is 5.75 Å². The topological polar surface area (TPSA) is 26.3 Å². The maximum atomic E-state index is 11.4. The molecule has 0 saturated carbocycles. The number of rotatable bonds is 3. The van der Waals surface area contributed by atoms with Crippen molar-refractivity contribution in [1.29, 1.82) is 0 Å². The first-order valence-corrected chi connectivity index (χ1v) is 4.30. The maximum absolute atomic E-state index is 11.4. The molecular formula is C12H12O2. The Morgan fingerprint density at radius 2 is 2.29 bits per heavy atom. The Morgan fingerprint density at radius 3 is 2.79 bits per heavy atom. The van der Waals surface area contributed by atoms with Gasteiger partial charge in [0.15, 0.2) is 5.78 Å². The van der Waals surface area contributed by atoms with Gasteiger partial charge in [-0.1, -0.05) is 5.92 Å². The first-order chi connectivity index (χ1) is 6.69. The standard InChI is InChI=1S/C12H12O2/c1-4-5-11(13)10-6-7-12(14-3)9(2)8-10/h1,6-8H,5H2,2-3H3. The predicted octanol–water partition coefficient (Wildman–Crippen LogP) is 2.21. The van der Waals surface area contributed by atoms with E-state index in [4.69, 9.17) is 11.2 Å². The molecule has 0 aliphatic heterocycles. The Hall–Kier alpha value is -1.75. The summed E-state index contributed by atoms with van der Waals surface area (Å²) in [5, 5.41) is 0. The second-order valence-electron chi connectivity index (χ2n) is 2.99. The van der Waals surface area contributed by atoms with E-state index in [0.717, 1.165) is 11.3 Å². The first-order valence-electron chi connectivity index (χ1n) is 4.30. The Balaban J connectivity index is 2.98. The molecule has 0 aliphatic rings. The van der Waals surface area contributed by atoms with Gasteiger partial charge in [-0.2, -0.15) is 0 Å². The van der Waals surface area contributed by atoms with Crippen molar-refractivity contribution in [3.63, 3.8) is 0 Å². The minimum Gasteiger partial charge on any atom is -0.496 e. The van der Waals surface area contributed by atoms with Crippen LogP contribution in [0.1, 0.15) is 22.3 Å². The molecule has 0 heterocycles. The molecule has 0 spiro atoms. The number of Topliss-reactive ketones (excluding diaryl/α,β-unsaturated/α-hetero) is 1. The van der Waals surface area contributed by atoms with Crippen LogP contribution in [0.4, 0.5) is 0 Å². The number of benzene rings is 1. The molecule has 2 nitrogen and oxygen atoms in total. The van der Waals surface area contributed by atoms with Crippen molar-refractivity contribution in [2.24, 2.45) is 0 Å². The van der Waals surface area contributed by atoms with Crippen LogP contribution < -0.4 is 4.74 Å². The third-order valence-electron chi connectivity index (χ3n) is 1.98. The van der Waals surface area contributed by atoms with E-state index in [1.807, 2.05) is 6.92 Å². The van der Waals surface area contributed by atoms with E-state index in [-0.39, 0.29) is 12.2 Å². The summed E-state index contributed by atoms with van der Waals surface area (Å²) in [6.45, 7) is 1.89. The van der Waals surface area contributed by atoms with Crippen molar-refractivity contribution in [3.8, 4) is 18.1 Å². The van der Waals surface area contributed by atoms with E-state index in [2.05, 4.69) is 5.92 Å².